The van der Waals surface area contributed by atoms with Crippen molar-refractivity contribution < 1.29 is 9.18 Å². The van der Waals surface area contributed by atoms with Crippen molar-refractivity contribution in [3.8, 4) is 0 Å². The highest BCUT2D eigenvalue weighted by molar-refractivity contribution is 14.1. The van der Waals surface area contributed by atoms with E-state index >= 15 is 0 Å². The van der Waals surface area contributed by atoms with Crippen molar-refractivity contribution >= 4 is 26.4 Å². The molecular weight excluding hydrogens is 260 g/mol. The molecule has 0 spiro atoms. The van der Waals surface area contributed by atoms with Crippen molar-refractivity contribution in [2.75, 3.05) is 19.6 Å². The van der Waals surface area contributed by atoms with Crippen molar-refractivity contribution in [3.05, 3.63) is 12.2 Å². The summed E-state index contributed by atoms with van der Waals surface area (Å²) in [4.78, 5) is 12.3. The number of rotatable bonds is 3. The third kappa shape index (κ3) is 3.29. The Morgan fingerprint density at radius 2 is 2.36 bits per heavy atom. The van der Waals surface area contributed by atoms with Gasteiger partial charge in [0.05, 0.1) is 0 Å². The Bertz CT molecular complexity index is 177. The topological polar surface area (TPSA) is 20.3 Å². The number of likely N-dealkylation sites (tertiary alicyclic amines) is 1. The first-order valence-corrected chi connectivity index (χ1v) is 4.49. The van der Waals surface area contributed by atoms with Gasteiger partial charge in [0.15, 0.2) is 0 Å². The van der Waals surface area contributed by atoms with E-state index in [9.17, 15) is 9.18 Å². The van der Waals surface area contributed by atoms with Gasteiger partial charge in [-0.3, -0.25) is 9.69 Å². The van der Waals surface area contributed by atoms with Gasteiger partial charge in [-0.2, -0.15) is 0 Å². The van der Waals surface area contributed by atoms with Crippen molar-refractivity contribution in [3.63, 3.8) is 0 Å². The van der Waals surface area contributed by atoms with Crippen LogP contribution >= 0.6 is 22.6 Å². The minimum Gasteiger partial charge on any atom is -0.294 e. The molecule has 0 N–H and O–H groups in total. The summed E-state index contributed by atoms with van der Waals surface area (Å²) >= 11 is 1.71. The third-order valence-electron chi connectivity index (χ3n) is 1.53. The Morgan fingerprint density at radius 3 is 2.82 bits per heavy atom. The summed E-state index contributed by atoms with van der Waals surface area (Å²) in [7, 11) is 0. The van der Waals surface area contributed by atoms with Crippen molar-refractivity contribution in [2.24, 2.45) is 0 Å². The molecule has 11 heavy (non-hydrogen) atoms. The number of alkyl halides is 1. The van der Waals surface area contributed by atoms with Gasteiger partial charge < -0.3 is 0 Å². The van der Waals surface area contributed by atoms with E-state index in [0.29, 0.717) is 19.6 Å². The summed E-state index contributed by atoms with van der Waals surface area (Å²) in [5, 5.41) is 0. The maximum absolute atomic E-state index is 12.2. The average molecular weight is 269 g/mol. The lowest BCUT2D eigenvalue weighted by molar-refractivity contribution is -0.105. The van der Waals surface area contributed by atoms with Crippen LogP contribution in [0.4, 0.5) is 4.39 Å². The van der Waals surface area contributed by atoms with Gasteiger partial charge in [0.25, 0.3) is 0 Å². The van der Waals surface area contributed by atoms with Crippen LogP contribution in [0.25, 0.3) is 0 Å². The van der Waals surface area contributed by atoms with E-state index in [1.54, 1.807) is 28.7 Å². The highest BCUT2D eigenvalue weighted by Gasteiger charge is 2.24. The van der Waals surface area contributed by atoms with Crippen LogP contribution in [0.1, 0.15) is 0 Å². The van der Waals surface area contributed by atoms with Gasteiger partial charge in [0.2, 0.25) is 3.79 Å². The molecule has 0 atom stereocenters. The molecule has 0 unspecified atom stereocenters. The third-order valence-corrected chi connectivity index (χ3v) is 1.88. The van der Waals surface area contributed by atoms with Crippen LogP contribution in [-0.2, 0) is 4.79 Å². The second-order valence-corrected chi connectivity index (χ2v) is 3.59. The van der Waals surface area contributed by atoms with Crippen molar-refractivity contribution in [1.29, 1.82) is 0 Å². The van der Waals surface area contributed by atoms with Crippen LogP contribution in [0, 0.1) is 0 Å². The largest absolute Gasteiger partial charge is 0.294 e. The number of carbonyl (C=O) groups excluding carboxylic acids is 1. The summed E-state index contributed by atoms with van der Waals surface area (Å²) < 4.78 is 12.2. The fourth-order valence-corrected chi connectivity index (χ4v) is 1.20. The van der Waals surface area contributed by atoms with E-state index in [-0.39, 0.29) is 3.79 Å². The zero-order chi connectivity index (χ0) is 8.27. The molecule has 1 fully saturated rings. The monoisotopic (exact) mass is 269 g/mol. The zero-order valence-corrected chi connectivity index (χ0v) is 8.12. The predicted molar refractivity (Wildman–Crippen MR) is 49.5 cm³/mol. The second-order valence-electron chi connectivity index (χ2n) is 2.52. The Labute approximate surface area is 78.6 Å². The average Bonchev–Trinajstić information content (AvgIpc) is 1.83. The van der Waals surface area contributed by atoms with Crippen LogP contribution in [0.5, 0.6) is 0 Å². The molecule has 0 amide bonds. The molecule has 2 nitrogen and oxygen atoms in total. The van der Waals surface area contributed by atoms with E-state index in [2.05, 4.69) is 0 Å². The molecule has 0 bridgehead atoms. The normalized spacial score (nSPS) is 20.5. The maximum Gasteiger partial charge on any atom is 0.214 e. The summed E-state index contributed by atoms with van der Waals surface area (Å²) in [5.41, 5.74) is 0. The number of hydrogen-bond acceptors (Lipinski definition) is 2. The van der Waals surface area contributed by atoms with E-state index in [0.717, 1.165) is 0 Å². The van der Waals surface area contributed by atoms with Gasteiger partial charge in [-0.1, -0.05) is 6.08 Å². The lowest BCUT2D eigenvalue weighted by Crippen LogP contribution is -2.48. The molecular formula is C7H9FINO. The molecule has 4 heteroatoms. The van der Waals surface area contributed by atoms with E-state index in [1.807, 2.05) is 4.90 Å². The molecule has 62 valence electrons. The quantitative estimate of drug-likeness (QED) is 0.435. The summed E-state index contributed by atoms with van der Waals surface area (Å²) in [6.45, 7) is 1.72. The molecule has 1 heterocycles. The molecule has 1 rings (SSSR count). The summed E-state index contributed by atoms with van der Waals surface area (Å²) in [5.74, 6) is 0. The number of hydrogen-bond donors (Lipinski definition) is 0. The molecule has 0 aromatic carbocycles. The molecule has 1 aliphatic rings. The van der Waals surface area contributed by atoms with Crippen molar-refractivity contribution in [1.82, 2.24) is 4.90 Å². The first-order valence-electron chi connectivity index (χ1n) is 3.41. The van der Waals surface area contributed by atoms with Crippen LogP contribution in [0.2, 0.25) is 0 Å². The van der Waals surface area contributed by atoms with Crippen LogP contribution in [-0.4, -0.2) is 34.5 Å². The van der Waals surface area contributed by atoms with Crippen LogP contribution in [0.3, 0.4) is 0 Å². The summed E-state index contributed by atoms with van der Waals surface area (Å²) in [6, 6.07) is 0. The second kappa shape index (κ2) is 4.15. The maximum atomic E-state index is 12.2. The lowest BCUT2D eigenvalue weighted by Gasteiger charge is -2.33. The first kappa shape index (κ1) is 9.12. The van der Waals surface area contributed by atoms with Gasteiger partial charge >= 0.3 is 0 Å². The Hall–Kier alpha value is 0.0300. The van der Waals surface area contributed by atoms with Crippen molar-refractivity contribution in [2.45, 2.75) is 6.17 Å². The fourth-order valence-electron chi connectivity index (χ4n) is 0.950. The highest BCUT2D eigenvalue weighted by Crippen LogP contribution is 2.09. The van der Waals surface area contributed by atoms with Gasteiger partial charge in [0.1, 0.15) is 6.17 Å². The van der Waals surface area contributed by atoms with Gasteiger partial charge in [0, 0.05) is 42.2 Å². The van der Waals surface area contributed by atoms with E-state index in [4.69, 9.17) is 0 Å². The number of allylic oxidation sites excluding steroid dienone is 1. The van der Waals surface area contributed by atoms with E-state index in [1.165, 1.54) is 6.08 Å². The minimum atomic E-state index is -0.654. The molecule has 1 aliphatic heterocycles. The smallest absolute Gasteiger partial charge is 0.214 e. The summed E-state index contributed by atoms with van der Waals surface area (Å²) in [6.07, 6.45) is 2.62. The standard InChI is InChI=1S/C7H9FINO/c8-6-4-10(5-6)3-1-2-7(9)11/h1-2,6H,3-5H2/b2-1+. The fraction of sp³-hybridized carbons (Fsp3) is 0.571. The highest BCUT2D eigenvalue weighted by atomic mass is 127. The number of nitrogens with zero attached hydrogens (tertiary/aromatic N) is 1. The van der Waals surface area contributed by atoms with Gasteiger partial charge in [-0.05, 0) is 6.08 Å². The number of halogens is 2. The van der Waals surface area contributed by atoms with E-state index < -0.39 is 6.17 Å². The molecule has 0 saturated carbocycles. The van der Waals surface area contributed by atoms with Gasteiger partial charge in [-0.25, -0.2) is 4.39 Å². The van der Waals surface area contributed by atoms with Gasteiger partial charge in [-0.15, -0.1) is 0 Å². The zero-order valence-electron chi connectivity index (χ0n) is 5.96. The molecule has 0 aromatic heterocycles. The lowest BCUT2D eigenvalue weighted by atomic mass is 10.2. The molecule has 1 saturated heterocycles. The van der Waals surface area contributed by atoms with Crippen LogP contribution in [0.15, 0.2) is 12.2 Å². The Balaban J connectivity index is 2.09. The predicted octanol–water partition coefficient (Wildman–Crippen LogP) is 1.16. The Morgan fingerprint density at radius 1 is 1.73 bits per heavy atom. The Kier molecular flexibility index (Phi) is 3.45. The molecule has 0 radical (unpaired) electrons. The SMILES string of the molecule is O=C(I)/C=C/CN1CC(F)C1. The minimum absolute atomic E-state index is 0.0138. The van der Waals surface area contributed by atoms with Crippen LogP contribution < -0.4 is 0 Å². The molecule has 0 aliphatic carbocycles. The molecule has 0 aromatic rings. The first-order chi connectivity index (χ1) is 5.18. The number of carbonyl (C=O) groups is 1.